The summed E-state index contributed by atoms with van der Waals surface area (Å²) < 4.78 is 1.25. The fraction of sp³-hybridized carbons (Fsp3) is 0.417. The van der Waals surface area contributed by atoms with Gasteiger partial charge in [-0.3, -0.25) is 4.79 Å². The minimum Gasteiger partial charge on any atom is -0.299 e. The number of hydrogen-bond donors (Lipinski definition) is 0. The lowest BCUT2D eigenvalue weighted by Gasteiger charge is -2.42. The molecular weight excluding hydrogens is 287 g/mol. The molecule has 74 valence electrons. The third-order valence-electron chi connectivity index (χ3n) is 3.25. The highest BCUT2D eigenvalue weighted by Gasteiger charge is 2.47. The van der Waals surface area contributed by atoms with E-state index in [-0.39, 0.29) is 5.41 Å². The summed E-state index contributed by atoms with van der Waals surface area (Å²) in [5.74, 6) is 0.813. The highest BCUT2D eigenvalue weighted by molar-refractivity contribution is 14.1. The van der Waals surface area contributed by atoms with Gasteiger partial charge in [-0.2, -0.15) is 0 Å². The Morgan fingerprint density at radius 1 is 1.29 bits per heavy atom. The lowest BCUT2D eigenvalue weighted by Crippen LogP contribution is -2.43. The summed E-state index contributed by atoms with van der Waals surface area (Å²) in [4.78, 5) is 11.4. The number of benzene rings is 1. The second kappa shape index (κ2) is 3.33. The van der Waals surface area contributed by atoms with Gasteiger partial charge < -0.3 is 0 Å². The van der Waals surface area contributed by atoms with Crippen LogP contribution in [0.5, 0.6) is 0 Å². The van der Waals surface area contributed by atoms with E-state index in [1.807, 2.05) is 13.8 Å². The molecule has 1 aromatic carbocycles. The van der Waals surface area contributed by atoms with E-state index in [0.717, 1.165) is 0 Å². The van der Waals surface area contributed by atoms with Crippen molar-refractivity contribution in [1.82, 2.24) is 0 Å². The first-order chi connectivity index (χ1) is 6.51. The molecule has 0 aliphatic heterocycles. The first-order valence-electron chi connectivity index (χ1n) is 4.80. The molecule has 1 aliphatic rings. The van der Waals surface area contributed by atoms with Gasteiger partial charge in [0.05, 0.1) is 0 Å². The van der Waals surface area contributed by atoms with Gasteiger partial charge in [0.15, 0.2) is 0 Å². The number of rotatable bonds is 1. The van der Waals surface area contributed by atoms with Crippen LogP contribution in [0.1, 0.15) is 31.7 Å². The van der Waals surface area contributed by atoms with Crippen LogP contribution in [0.4, 0.5) is 0 Å². The summed E-state index contributed by atoms with van der Waals surface area (Å²) in [7, 11) is 0. The second-order valence-electron chi connectivity index (χ2n) is 4.45. The normalized spacial score (nSPS) is 24.5. The molecule has 1 unspecified atom stereocenters. The van der Waals surface area contributed by atoms with Crippen LogP contribution in [0.15, 0.2) is 24.3 Å². The highest BCUT2D eigenvalue weighted by atomic mass is 127. The first kappa shape index (κ1) is 10.1. The molecule has 1 nitrogen and oxygen atoms in total. The molecule has 1 atom stereocenters. The zero-order valence-electron chi connectivity index (χ0n) is 8.38. The molecule has 0 spiro atoms. The van der Waals surface area contributed by atoms with Gasteiger partial charge in [0.1, 0.15) is 5.78 Å². The molecule has 2 heteroatoms. The SMILES string of the molecule is CC1(C)C(=O)CC1c1ccc(I)cc1. The Morgan fingerprint density at radius 2 is 1.86 bits per heavy atom. The molecule has 1 saturated carbocycles. The van der Waals surface area contributed by atoms with Crippen molar-refractivity contribution in [3.63, 3.8) is 0 Å². The Balaban J connectivity index is 2.26. The van der Waals surface area contributed by atoms with E-state index in [0.29, 0.717) is 18.1 Å². The third kappa shape index (κ3) is 1.49. The van der Waals surface area contributed by atoms with Crippen LogP contribution < -0.4 is 0 Å². The molecule has 0 radical (unpaired) electrons. The van der Waals surface area contributed by atoms with E-state index < -0.39 is 0 Å². The average molecular weight is 300 g/mol. The summed E-state index contributed by atoms with van der Waals surface area (Å²) in [5, 5.41) is 0. The molecule has 0 N–H and O–H groups in total. The van der Waals surface area contributed by atoms with Crippen LogP contribution in [0, 0.1) is 8.99 Å². The maximum Gasteiger partial charge on any atom is 0.139 e. The standard InChI is InChI=1S/C12H13IO/c1-12(2)10(7-11(12)14)8-3-5-9(13)6-4-8/h3-6,10H,7H2,1-2H3. The van der Waals surface area contributed by atoms with Gasteiger partial charge in [-0.25, -0.2) is 0 Å². The molecule has 1 fully saturated rings. The third-order valence-corrected chi connectivity index (χ3v) is 3.97. The largest absolute Gasteiger partial charge is 0.299 e. The van der Waals surface area contributed by atoms with Gasteiger partial charge in [0.2, 0.25) is 0 Å². The van der Waals surface area contributed by atoms with E-state index in [2.05, 4.69) is 46.9 Å². The van der Waals surface area contributed by atoms with E-state index >= 15 is 0 Å². The Kier molecular flexibility index (Phi) is 2.41. The molecule has 0 saturated heterocycles. The van der Waals surface area contributed by atoms with Crippen LogP contribution in [0.3, 0.4) is 0 Å². The summed E-state index contributed by atoms with van der Waals surface area (Å²) >= 11 is 2.30. The predicted octanol–water partition coefficient (Wildman–Crippen LogP) is 3.37. The first-order valence-corrected chi connectivity index (χ1v) is 5.88. The van der Waals surface area contributed by atoms with E-state index in [4.69, 9.17) is 0 Å². The van der Waals surface area contributed by atoms with Crippen molar-refractivity contribution in [2.75, 3.05) is 0 Å². The van der Waals surface area contributed by atoms with E-state index in [9.17, 15) is 4.79 Å². The predicted molar refractivity (Wildman–Crippen MR) is 65.3 cm³/mol. The quantitative estimate of drug-likeness (QED) is 0.727. The molecule has 0 heterocycles. The van der Waals surface area contributed by atoms with Crippen molar-refractivity contribution in [1.29, 1.82) is 0 Å². The number of carbonyl (C=O) groups is 1. The van der Waals surface area contributed by atoms with Crippen molar-refractivity contribution >= 4 is 28.4 Å². The molecule has 1 aromatic rings. The molecule has 1 aliphatic carbocycles. The van der Waals surface area contributed by atoms with Gasteiger partial charge in [-0.05, 0) is 40.3 Å². The molecule has 14 heavy (non-hydrogen) atoms. The van der Waals surface area contributed by atoms with Crippen molar-refractivity contribution in [2.45, 2.75) is 26.2 Å². The molecule has 0 aromatic heterocycles. The monoisotopic (exact) mass is 300 g/mol. The van der Waals surface area contributed by atoms with Gasteiger partial charge in [-0.1, -0.05) is 26.0 Å². The Morgan fingerprint density at radius 3 is 2.29 bits per heavy atom. The topological polar surface area (TPSA) is 17.1 Å². The van der Waals surface area contributed by atoms with Gasteiger partial charge in [0, 0.05) is 21.3 Å². The van der Waals surface area contributed by atoms with Crippen LogP contribution >= 0.6 is 22.6 Å². The minimum atomic E-state index is -0.146. The molecular formula is C12H13IO. The highest BCUT2D eigenvalue weighted by Crippen LogP contribution is 2.49. The van der Waals surface area contributed by atoms with Crippen LogP contribution in [0.2, 0.25) is 0 Å². The van der Waals surface area contributed by atoms with Crippen LogP contribution in [0.25, 0.3) is 0 Å². The zero-order chi connectivity index (χ0) is 10.3. The van der Waals surface area contributed by atoms with Crippen molar-refractivity contribution < 1.29 is 4.79 Å². The second-order valence-corrected chi connectivity index (χ2v) is 5.70. The maximum absolute atomic E-state index is 11.4. The zero-order valence-corrected chi connectivity index (χ0v) is 10.5. The lowest BCUT2D eigenvalue weighted by molar-refractivity contribution is -0.137. The number of ketones is 1. The average Bonchev–Trinajstić information content (AvgIpc) is 2.16. The summed E-state index contributed by atoms with van der Waals surface area (Å²) in [6, 6.07) is 8.49. The minimum absolute atomic E-state index is 0.146. The Labute approximate surface area is 98.0 Å². The number of halogens is 1. The van der Waals surface area contributed by atoms with Gasteiger partial charge in [-0.15, -0.1) is 0 Å². The smallest absolute Gasteiger partial charge is 0.139 e. The Hall–Kier alpha value is -0.380. The van der Waals surface area contributed by atoms with Gasteiger partial charge >= 0.3 is 0 Å². The van der Waals surface area contributed by atoms with Crippen molar-refractivity contribution in [2.24, 2.45) is 5.41 Å². The fourth-order valence-corrected chi connectivity index (χ4v) is 2.36. The summed E-state index contributed by atoms with van der Waals surface area (Å²) in [6.07, 6.45) is 0.716. The molecule has 2 rings (SSSR count). The van der Waals surface area contributed by atoms with Crippen LogP contribution in [-0.4, -0.2) is 5.78 Å². The van der Waals surface area contributed by atoms with E-state index in [1.54, 1.807) is 0 Å². The molecule has 0 amide bonds. The summed E-state index contributed by atoms with van der Waals surface area (Å²) in [6.45, 7) is 4.09. The maximum atomic E-state index is 11.4. The fourth-order valence-electron chi connectivity index (χ4n) is 2.00. The van der Waals surface area contributed by atoms with Crippen LogP contribution in [-0.2, 0) is 4.79 Å². The van der Waals surface area contributed by atoms with Gasteiger partial charge in [0.25, 0.3) is 0 Å². The van der Waals surface area contributed by atoms with Crippen molar-refractivity contribution in [3.8, 4) is 0 Å². The lowest BCUT2D eigenvalue weighted by atomic mass is 9.59. The molecule has 0 bridgehead atoms. The van der Waals surface area contributed by atoms with Crippen molar-refractivity contribution in [3.05, 3.63) is 33.4 Å². The number of carbonyl (C=O) groups excluding carboxylic acids is 1. The Bertz CT molecular complexity index is 364. The number of hydrogen-bond acceptors (Lipinski definition) is 1. The summed E-state index contributed by atoms with van der Waals surface area (Å²) in [5.41, 5.74) is 1.15. The van der Waals surface area contributed by atoms with E-state index in [1.165, 1.54) is 9.13 Å². The number of Topliss-reactive ketones (excluding diaryl/α,β-unsaturated/α-hetero) is 1.